The van der Waals surface area contributed by atoms with Crippen molar-refractivity contribution in [3.8, 4) is 5.69 Å². The molecule has 2 aromatic heterocycles. The number of hydrogen-bond donors (Lipinski definition) is 0. The topological polar surface area (TPSA) is 71.3 Å². The minimum Gasteiger partial charge on any atom is -0.342 e. The van der Waals surface area contributed by atoms with E-state index < -0.39 is 24.4 Å². The summed E-state index contributed by atoms with van der Waals surface area (Å²) in [5.74, 6) is -1.38. The van der Waals surface area contributed by atoms with Crippen molar-refractivity contribution < 1.29 is 22.8 Å². The Kier molecular flexibility index (Phi) is 6.64. The molecule has 0 radical (unpaired) electrons. The van der Waals surface area contributed by atoms with Gasteiger partial charge in [-0.3, -0.25) is 14.6 Å². The number of likely N-dealkylation sites (tertiary alicyclic amines) is 1. The Morgan fingerprint density at radius 1 is 1.40 bits per heavy atom. The molecule has 2 amide bonds. The summed E-state index contributed by atoms with van der Waals surface area (Å²) in [5.41, 5.74) is 1.06. The van der Waals surface area contributed by atoms with Gasteiger partial charge in [-0.15, -0.1) is 0 Å². The number of aromatic nitrogens is 3. The summed E-state index contributed by atoms with van der Waals surface area (Å²) in [5, 5.41) is 4.33. The second-order valence-electron chi connectivity index (χ2n) is 6.98. The molecule has 1 atom stereocenters. The molecule has 1 aliphatic heterocycles. The number of nitrogens with zero attached hydrogens (tertiary/aromatic N) is 5. The Labute approximate surface area is 176 Å². The summed E-state index contributed by atoms with van der Waals surface area (Å²) in [6.45, 7) is 1.91. The summed E-state index contributed by atoms with van der Waals surface area (Å²) in [6, 6.07) is 3.52. The molecule has 0 aliphatic carbocycles. The average molecular weight is 444 g/mol. The maximum absolute atomic E-state index is 12.9. The Morgan fingerprint density at radius 3 is 2.80 bits per heavy atom. The normalized spacial score (nSPS) is 16.9. The summed E-state index contributed by atoms with van der Waals surface area (Å²) in [6.07, 6.45) is -0.299. The zero-order valence-corrected chi connectivity index (χ0v) is 17.0. The van der Waals surface area contributed by atoms with E-state index in [4.69, 9.17) is 11.6 Å². The van der Waals surface area contributed by atoms with Gasteiger partial charge >= 0.3 is 6.18 Å². The van der Waals surface area contributed by atoms with Crippen molar-refractivity contribution in [3.63, 3.8) is 0 Å². The SMILES string of the molecule is CCN(C(=O)CC1CCN(CCC(F)(F)F)C1=O)c1cn(-c2cccnc2)nc1Cl. The minimum absolute atomic E-state index is 0.0937. The van der Waals surface area contributed by atoms with E-state index in [-0.39, 0.29) is 30.6 Å². The predicted molar refractivity (Wildman–Crippen MR) is 104 cm³/mol. The molecule has 11 heteroatoms. The zero-order chi connectivity index (χ0) is 21.9. The van der Waals surface area contributed by atoms with E-state index >= 15 is 0 Å². The quantitative estimate of drug-likeness (QED) is 0.657. The molecule has 1 saturated heterocycles. The smallest absolute Gasteiger partial charge is 0.342 e. The molecule has 2 aromatic rings. The number of carbonyl (C=O) groups is 2. The van der Waals surface area contributed by atoms with Crippen LogP contribution in [0.1, 0.15) is 26.2 Å². The third-order valence-corrected chi connectivity index (χ3v) is 5.23. The minimum atomic E-state index is -4.32. The first-order valence-electron chi connectivity index (χ1n) is 9.51. The standard InChI is InChI=1S/C19H21ClF3N5O2/c1-2-27(15-12-28(25-17(15)20)14-4-3-7-24-11-14)16(29)10-13-5-8-26(18(13)30)9-6-19(21,22)23/h3-4,7,11-13H,2,5-6,8-10H2,1H3. The lowest BCUT2D eigenvalue weighted by molar-refractivity contribution is -0.145. The lowest BCUT2D eigenvalue weighted by atomic mass is 10.0. The van der Waals surface area contributed by atoms with Gasteiger partial charge in [-0.2, -0.15) is 18.3 Å². The van der Waals surface area contributed by atoms with Gasteiger partial charge in [-0.25, -0.2) is 4.68 Å². The number of hydrogen-bond acceptors (Lipinski definition) is 4. The highest BCUT2D eigenvalue weighted by atomic mass is 35.5. The highest BCUT2D eigenvalue weighted by Crippen LogP contribution is 2.29. The van der Waals surface area contributed by atoms with Crippen LogP contribution >= 0.6 is 11.6 Å². The van der Waals surface area contributed by atoms with Crippen LogP contribution in [0.5, 0.6) is 0 Å². The Balaban J connectivity index is 1.67. The first-order chi connectivity index (χ1) is 14.2. The van der Waals surface area contributed by atoms with Crippen molar-refractivity contribution >= 4 is 29.1 Å². The van der Waals surface area contributed by atoms with E-state index in [0.29, 0.717) is 24.3 Å². The van der Waals surface area contributed by atoms with Crippen LogP contribution in [0, 0.1) is 5.92 Å². The van der Waals surface area contributed by atoms with Crippen LogP contribution in [0.25, 0.3) is 5.69 Å². The monoisotopic (exact) mass is 443 g/mol. The predicted octanol–water partition coefficient (Wildman–Crippen LogP) is 3.46. The van der Waals surface area contributed by atoms with Gasteiger partial charge in [-0.05, 0) is 25.5 Å². The van der Waals surface area contributed by atoms with E-state index in [1.807, 2.05) is 0 Å². The molecule has 0 bridgehead atoms. The number of anilines is 1. The van der Waals surface area contributed by atoms with E-state index in [2.05, 4.69) is 10.1 Å². The molecule has 0 saturated carbocycles. The maximum atomic E-state index is 12.9. The second kappa shape index (κ2) is 9.03. The Hall–Kier alpha value is -2.62. The molecule has 0 N–H and O–H groups in total. The van der Waals surface area contributed by atoms with Gasteiger partial charge in [0.1, 0.15) is 5.69 Å². The molecule has 162 valence electrons. The molecular weight excluding hydrogens is 423 g/mol. The van der Waals surface area contributed by atoms with Gasteiger partial charge in [0.2, 0.25) is 11.8 Å². The van der Waals surface area contributed by atoms with Gasteiger partial charge in [0.05, 0.1) is 24.5 Å². The first-order valence-corrected chi connectivity index (χ1v) is 9.89. The molecule has 1 unspecified atom stereocenters. The molecule has 1 fully saturated rings. The lowest BCUT2D eigenvalue weighted by Gasteiger charge is -2.21. The van der Waals surface area contributed by atoms with Crippen LogP contribution in [0.4, 0.5) is 18.9 Å². The van der Waals surface area contributed by atoms with Crippen LogP contribution < -0.4 is 4.90 Å². The van der Waals surface area contributed by atoms with Crippen LogP contribution in [-0.2, 0) is 9.59 Å². The molecule has 30 heavy (non-hydrogen) atoms. The number of rotatable bonds is 7. The van der Waals surface area contributed by atoms with Crippen molar-refractivity contribution in [1.29, 1.82) is 0 Å². The van der Waals surface area contributed by atoms with Gasteiger partial charge < -0.3 is 9.80 Å². The van der Waals surface area contributed by atoms with Crippen molar-refractivity contribution in [2.75, 3.05) is 24.5 Å². The molecule has 3 rings (SSSR count). The number of carbonyl (C=O) groups excluding carboxylic acids is 2. The number of pyridine rings is 1. The number of amides is 2. The fraction of sp³-hybridized carbons (Fsp3) is 0.474. The summed E-state index contributed by atoms with van der Waals surface area (Å²) in [4.78, 5) is 31.9. The molecule has 7 nitrogen and oxygen atoms in total. The number of halogens is 4. The average Bonchev–Trinajstić information content (AvgIpc) is 3.24. The summed E-state index contributed by atoms with van der Waals surface area (Å²) in [7, 11) is 0. The summed E-state index contributed by atoms with van der Waals surface area (Å²) >= 11 is 6.24. The van der Waals surface area contributed by atoms with Crippen LogP contribution in [0.3, 0.4) is 0 Å². The number of alkyl halides is 3. The van der Waals surface area contributed by atoms with Gasteiger partial charge in [0.15, 0.2) is 5.15 Å². The van der Waals surface area contributed by atoms with Gasteiger partial charge in [-0.1, -0.05) is 11.6 Å². The molecular formula is C19H21ClF3N5O2. The van der Waals surface area contributed by atoms with E-state index in [1.54, 1.807) is 37.6 Å². The van der Waals surface area contributed by atoms with Crippen LogP contribution in [0.2, 0.25) is 5.15 Å². The Morgan fingerprint density at radius 2 is 2.17 bits per heavy atom. The van der Waals surface area contributed by atoms with Gasteiger partial charge in [0.25, 0.3) is 0 Å². The van der Waals surface area contributed by atoms with Crippen molar-refractivity contribution in [1.82, 2.24) is 19.7 Å². The molecule has 1 aliphatic rings. The molecule has 0 aromatic carbocycles. The Bertz CT molecular complexity index is 903. The molecule has 0 spiro atoms. The summed E-state index contributed by atoms with van der Waals surface area (Å²) < 4.78 is 38.8. The first kappa shape index (κ1) is 22.1. The molecule has 3 heterocycles. The highest BCUT2D eigenvalue weighted by Gasteiger charge is 2.37. The fourth-order valence-corrected chi connectivity index (χ4v) is 3.66. The highest BCUT2D eigenvalue weighted by molar-refractivity contribution is 6.32. The largest absolute Gasteiger partial charge is 0.390 e. The van der Waals surface area contributed by atoms with Crippen molar-refractivity contribution in [2.45, 2.75) is 32.4 Å². The zero-order valence-electron chi connectivity index (χ0n) is 16.3. The van der Waals surface area contributed by atoms with Crippen LogP contribution in [0.15, 0.2) is 30.7 Å². The van der Waals surface area contributed by atoms with Crippen molar-refractivity contribution in [2.24, 2.45) is 5.92 Å². The third kappa shape index (κ3) is 5.10. The van der Waals surface area contributed by atoms with Crippen LogP contribution in [-0.4, -0.2) is 57.3 Å². The maximum Gasteiger partial charge on any atom is 0.390 e. The third-order valence-electron chi connectivity index (χ3n) is 4.96. The van der Waals surface area contributed by atoms with E-state index in [0.717, 1.165) is 0 Å². The second-order valence-corrected chi connectivity index (χ2v) is 7.34. The fourth-order valence-electron chi connectivity index (χ4n) is 3.43. The van der Waals surface area contributed by atoms with E-state index in [9.17, 15) is 22.8 Å². The van der Waals surface area contributed by atoms with Gasteiger partial charge in [0, 0.05) is 38.2 Å². The van der Waals surface area contributed by atoms with Crippen molar-refractivity contribution in [3.05, 3.63) is 35.9 Å². The lowest BCUT2D eigenvalue weighted by Crippen LogP contribution is -2.35. The van der Waals surface area contributed by atoms with E-state index in [1.165, 1.54) is 14.5 Å².